The molecule has 30 heavy (non-hydrogen) atoms. The Bertz CT molecular complexity index is 989. The molecule has 3 aromatic carbocycles. The third-order valence-electron chi connectivity index (χ3n) is 5.52. The van der Waals surface area contributed by atoms with Crippen molar-refractivity contribution in [3.8, 4) is 16.9 Å². The van der Waals surface area contributed by atoms with Crippen molar-refractivity contribution < 1.29 is 14.6 Å². The van der Waals surface area contributed by atoms with Gasteiger partial charge >= 0.3 is 0 Å². The highest BCUT2D eigenvalue weighted by Crippen LogP contribution is 2.24. The van der Waals surface area contributed by atoms with Gasteiger partial charge in [0, 0.05) is 13.1 Å². The molecule has 3 aromatic rings. The zero-order chi connectivity index (χ0) is 20.9. The molecule has 1 aliphatic heterocycles. The summed E-state index contributed by atoms with van der Waals surface area (Å²) in [6.07, 6.45) is -0.161. The molecule has 5 nitrogen and oxygen atoms in total. The van der Waals surface area contributed by atoms with Crippen LogP contribution in [0.15, 0.2) is 78.9 Å². The van der Waals surface area contributed by atoms with Gasteiger partial charge in [0.2, 0.25) is 5.91 Å². The number of carbonyl (C=O) groups excluding carboxylic acids is 1. The average Bonchev–Trinajstić information content (AvgIpc) is 2.78. The van der Waals surface area contributed by atoms with E-state index in [0.29, 0.717) is 25.3 Å². The topological polar surface area (TPSA) is 75.8 Å². The van der Waals surface area contributed by atoms with E-state index in [1.54, 1.807) is 0 Å². The summed E-state index contributed by atoms with van der Waals surface area (Å²) in [6, 6.07) is 25.6. The molecule has 0 radical (unpaired) electrons. The molecule has 1 aliphatic rings. The summed E-state index contributed by atoms with van der Waals surface area (Å²) in [6.45, 7) is 1.06. The molecule has 2 atom stereocenters. The molecule has 0 aliphatic carbocycles. The van der Waals surface area contributed by atoms with Crippen LogP contribution < -0.4 is 10.5 Å². The fraction of sp³-hybridized carbons (Fsp3) is 0.240. The lowest BCUT2D eigenvalue weighted by atomic mass is 9.93. The van der Waals surface area contributed by atoms with Gasteiger partial charge in [0.05, 0.1) is 6.04 Å². The largest absolute Gasteiger partial charge is 0.491 e. The Balaban J connectivity index is 1.35. The number of hydrogen-bond donors (Lipinski definition) is 2. The maximum atomic E-state index is 12.0. The molecule has 5 heteroatoms. The van der Waals surface area contributed by atoms with Crippen molar-refractivity contribution in [2.75, 3.05) is 13.2 Å². The number of β-amino-alcohol motifs (C(OH)–C–C–N with tert-alkyl or cyclic N) is 1. The molecule has 0 saturated heterocycles. The molecule has 0 saturated carbocycles. The molecule has 1 heterocycles. The van der Waals surface area contributed by atoms with Gasteiger partial charge < -0.3 is 15.6 Å². The third kappa shape index (κ3) is 4.70. The molecule has 0 bridgehead atoms. The monoisotopic (exact) mass is 402 g/mol. The minimum Gasteiger partial charge on any atom is -0.491 e. The molecule has 154 valence electrons. The summed E-state index contributed by atoms with van der Waals surface area (Å²) >= 11 is 0. The molecule has 3 N–H and O–H groups in total. The summed E-state index contributed by atoms with van der Waals surface area (Å²) in [5.41, 5.74) is 10.2. The van der Waals surface area contributed by atoms with Crippen LogP contribution in [0.1, 0.15) is 11.1 Å². The van der Waals surface area contributed by atoms with Crippen LogP contribution in [0.5, 0.6) is 5.75 Å². The molecule has 0 aromatic heterocycles. The Hall–Kier alpha value is -3.15. The molecular weight excluding hydrogens is 376 g/mol. The molecular formula is C25H26N2O3. The molecule has 0 spiro atoms. The van der Waals surface area contributed by atoms with Crippen molar-refractivity contribution in [3.63, 3.8) is 0 Å². The first-order valence-electron chi connectivity index (χ1n) is 10.2. The zero-order valence-corrected chi connectivity index (χ0v) is 16.8. The second-order valence-electron chi connectivity index (χ2n) is 7.68. The normalized spacial score (nSPS) is 17.2. The summed E-state index contributed by atoms with van der Waals surface area (Å²) in [7, 11) is 0. The van der Waals surface area contributed by atoms with Crippen molar-refractivity contribution in [2.45, 2.75) is 25.1 Å². The number of aliphatic hydroxyl groups is 1. The van der Waals surface area contributed by atoms with Crippen LogP contribution in [0.25, 0.3) is 11.1 Å². The predicted octanol–water partition coefficient (Wildman–Crippen LogP) is 3.01. The summed E-state index contributed by atoms with van der Waals surface area (Å²) in [5.74, 6) is 0.332. The zero-order valence-electron chi connectivity index (χ0n) is 16.8. The van der Waals surface area contributed by atoms with E-state index in [0.717, 1.165) is 16.7 Å². The highest BCUT2D eigenvalue weighted by Gasteiger charge is 2.31. The van der Waals surface area contributed by atoms with E-state index in [1.807, 2.05) is 65.6 Å². The van der Waals surface area contributed by atoms with Gasteiger partial charge in [-0.15, -0.1) is 0 Å². The molecule has 1 amide bonds. The number of rotatable bonds is 7. The Labute approximate surface area is 176 Å². The SMILES string of the molecule is NC(=O)[C@@H]1Cc2ccccc2CN1CC(O)COc1ccc(-c2ccccc2)cc1. The van der Waals surface area contributed by atoms with Gasteiger partial charge in [-0.05, 0) is 40.8 Å². The van der Waals surface area contributed by atoms with Crippen LogP contribution in [-0.4, -0.2) is 41.2 Å². The van der Waals surface area contributed by atoms with E-state index < -0.39 is 12.1 Å². The number of nitrogens with two attached hydrogens (primary N) is 1. The van der Waals surface area contributed by atoms with Crippen LogP contribution in [0.4, 0.5) is 0 Å². The van der Waals surface area contributed by atoms with Crippen LogP contribution in [0.3, 0.4) is 0 Å². The summed E-state index contributed by atoms with van der Waals surface area (Å²) in [5, 5.41) is 10.5. The van der Waals surface area contributed by atoms with Gasteiger partial charge in [-0.25, -0.2) is 0 Å². The van der Waals surface area contributed by atoms with Gasteiger partial charge in [-0.3, -0.25) is 9.69 Å². The van der Waals surface area contributed by atoms with Crippen molar-refractivity contribution in [1.29, 1.82) is 0 Å². The first kappa shape index (κ1) is 20.1. The number of ether oxygens (including phenoxy) is 1. The van der Waals surface area contributed by atoms with E-state index >= 15 is 0 Å². The maximum Gasteiger partial charge on any atom is 0.235 e. The number of amides is 1. The number of nitrogens with zero attached hydrogens (tertiary/aromatic N) is 1. The quantitative estimate of drug-likeness (QED) is 0.637. The second kappa shape index (κ2) is 9.11. The van der Waals surface area contributed by atoms with Crippen molar-refractivity contribution in [3.05, 3.63) is 90.0 Å². The highest BCUT2D eigenvalue weighted by molar-refractivity contribution is 5.80. The Morgan fingerprint density at radius 3 is 2.30 bits per heavy atom. The Morgan fingerprint density at radius 1 is 0.967 bits per heavy atom. The van der Waals surface area contributed by atoms with Gasteiger partial charge in [0.15, 0.2) is 0 Å². The first-order chi connectivity index (χ1) is 14.6. The first-order valence-corrected chi connectivity index (χ1v) is 10.2. The van der Waals surface area contributed by atoms with Gasteiger partial charge in [-0.1, -0.05) is 66.7 Å². The second-order valence-corrected chi connectivity index (χ2v) is 7.68. The number of primary amides is 1. The maximum absolute atomic E-state index is 12.0. The van der Waals surface area contributed by atoms with E-state index in [2.05, 4.69) is 18.2 Å². The Morgan fingerprint density at radius 2 is 1.60 bits per heavy atom. The van der Waals surface area contributed by atoms with E-state index in [4.69, 9.17) is 10.5 Å². The molecule has 0 fully saturated rings. The third-order valence-corrected chi connectivity index (χ3v) is 5.52. The summed E-state index contributed by atoms with van der Waals surface area (Å²) in [4.78, 5) is 13.9. The summed E-state index contributed by atoms with van der Waals surface area (Å²) < 4.78 is 5.77. The lowest BCUT2D eigenvalue weighted by Crippen LogP contribution is -2.51. The number of benzene rings is 3. The number of hydrogen-bond acceptors (Lipinski definition) is 4. The fourth-order valence-corrected chi connectivity index (χ4v) is 3.94. The van der Waals surface area contributed by atoms with E-state index in [1.165, 1.54) is 5.56 Å². The van der Waals surface area contributed by atoms with Crippen LogP contribution in [-0.2, 0) is 17.8 Å². The van der Waals surface area contributed by atoms with Crippen LogP contribution in [0, 0.1) is 0 Å². The Kier molecular flexibility index (Phi) is 6.12. The van der Waals surface area contributed by atoms with Crippen molar-refractivity contribution in [2.24, 2.45) is 5.73 Å². The number of carbonyl (C=O) groups is 1. The lowest BCUT2D eigenvalue weighted by molar-refractivity contribution is -0.124. The number of fused-ring (bicyclic) bond motifs is 1. The predicted molar refractivity (Wildman–Crippen MR) is 117 cm³/mol. The molecule has 4 rings (SSSR count). The average molecular weight is 402 g/mol. The number of aliphatic hydroxyl groups excluding tert-OH is 1. The van der Waals surface area contributed by atoms with Gasteiger partial charge in [0.1, 0.15) is 18.5 Å². The molecule has 1 unspecified atom stereocenters. The standard InChI is InChI=1S/C25H26N2O3/c26-25(29)24-14-20-8-4-5-9-21(20)15-27(24)16-22(28)17-30-23-12-10-19(11-13-23)18-6-2-1-3-7-18/h1-13,22,24,28H,14-17H2,(H2,26,29)/t22?,24-/m0/s1. The van der Waals surface area contributed by atoms with E-state index in [9.17, 15) is 9.90 Å². The van der Waals surface area contributed by atoms with Crippen LogP contribution >= 0.6 is 0 Å². The lowest BCUT2D eigenvalue weighted by Gasteiger charge is -2.36. The fourth-order valence-electron chi connectivity index (χ4n) is 3.94. The van der Waals surface area contributed by atoms with Crippen molar-refractivity contribution >= 4 is 5.91 Å². The smallest absolute Gasteiger partial charge is 0.235 e. The van der Waals surface area contributed by atoms with E-state index in [-0.39, 0.29) is 12.5 Å². The van der Waals surface area contributed by atoms with Crippen molar-refractivity contribution in [1.82, 2.24) is 4.90 Å². The minimum absolute atomic E-state index is 0.147. The van der Waals surface area contributed by atoms with Gasteiger partial charge in [0.25, 0.3) is 0 Å². The minimum atomic E-state index is -0.731. The highest BCUT2D eigenvalue weighted by atomic mass is 16.5. The van der Waals surface area contributed by atoms with Gasteiger partial charge in [-0.2, -0.15) is 0 Å². The van der Waals surface area contributed by atoms with Crippen LogP contribution in [0.2, 0.25) is 0 Å².